The molecule has 6 heteroatoms. The van der Waals surface area contributed by atoms with Gasteiger partial charge in [0.05, 0.1) is 5.56 Å². The summed E-state index contributed by atoms with van der Waals surface area (Å²) in [5.74, 6) is 1.52. The number of rotatable bonds is 6. The molecule has 3 heterocycles. The molecular weight excluding hydrogens is 480 g/mol. The van der Waals surface area contributed by atoms with Gasteiger partial charge in [-0.25, -0.2) is 9.97 Å². The minimum atomic E-state index is 0.451. The third-order valence-corrected chi connectivity index (χ3v) is 9.57. The number of piperazine rings is 1. The SMILES string of the molecule is N#Cc1c(C2CCCCCC2)n(C2CCCCCC2)c2c(N3CCN(CCc4ccccc4)CC3)ncnc12. The van der Waals surface area contributed by atoms with Gasteiger partial charge in [0.1, 0.15) is 23.4 Å². The topological polar surface area (TPSA) is 61.0 Å². The van der Waals surface area contributed by atoms with Crippen LogP contribution in [0.3, 0.4) is 0 Å². The molecule has 39 heavy (non-hydrogen) atoms. The molecule has 206 valence electrons. The van der Waals surface area contributed by atoms with Gasteiger partial charge in [-0.15, -0.1) is 0 Å². The monoisotopic (exact) mass is 524 g/mol. The van der Waals surface area contributed by atoms with E-state index in [4.69, 9.17) is 9.97 Å². The molecule has 1 aliphatic heterocycles. The van der Waals surface area contributed by atoms with Gasteiger partial charge in [-0.1, -0.05) is 81.7 Å². The number of anilines is 1. The standard InChI is InChI=1S/C33H44N6/c34-24-29-30-32(39(28-16-10-3-4-11-17-28)31(29)27-14-8-1-2-9-15-27)33(36-25-35-30)38-22-20-37(21-23-38)19-18-26-12-6-5-7-13-26/h5-7,12-13,25,27-28H,1-4,8-11,14-23H2. The zero-order valence-corrected chi connectivity index (χ0v) is 23.5. The predicted molar refractivity (Wildman–Crippen MR) is 158 cm³/mol. The van der Waals surface area contributed by atoms with Crippen LogP contribution in [0.5, 0.6) is 0 Å². The van der Waals surface area contributed by atoms with Crippen LogP contribution in [0.1, 0.15) is 106 Å². The van der Waals surface area contributed by atoms with Crippen molar-refractivity contribution in [3.8, 4) is 6.07 Å². The van der Waals surface area contributed by atoms with Crippen molar-refractivity contribution in [2.24, 2.45) is 0 Å². The second-order valence-electron chi connectivity index (χ2n) is 12.0. The number of nitriles is 1. The maximum atomic E-state index is 10.5. The molecule has 1 aromatic carbocycles. The van der Waals surface area contributed by atoms with Crippen molar-refractivity contribution in [2.45, 2.75) is 95.4 Å². The number of nitrogens with zero attached hydrogens (tertiary/aromatic N) is 6. The largest absolute Gasteiger partial charge is 0.352 e. The highest BCUT2D eigenvalue weighted by Crippen LogP contribution is 2.43. The summed E-state index contributed by atoms with van der Waals surface area (Å²) in [7, 11) is 0. The van der Waals surface area contributed by atoms with E-state index >= 15 is 0 Å². The zero-order chi connectivity index (χ0) is 26.4. The van der Waals surface area contributed by atoms with Crippen LogP contribution >= 0.6 is 0 Å². The van der Waals surface area contributed by atoms with E-state index < -0.39 is 0 Å². The van der Waals surface area contributed by atoms with Crippen molar-refractivity contribution >= 4 is 16.9 Å². The lowest BCUT2D eigenvalue weighted by Gasteiger charge is -2.36. The second kappa shape index (κ2) is 12.5. The molecule has 6 rings (SSSR count). The van der Waals surface area contributed by atoms with Gasteiger partial charge in [0.25, 0.3) is 0 Å². The van der Waals surface area contributed by atoms with E-state index in [9.17, 15) is 5.26 Å². The highest BCUT2D eigenvalue weighted by Gasteiger charge is 2.32. The summed E-state index contributed by atoms with van der Waals surface area (Å²) in [4.78, 5) is 14.8. The van der Waals surface area contributed by atoms with Crippen molar-refractivity contribution < 1.29 is 0 Å². The number of hydrogen-bond acceptors (Lipinski definition) is 5. The minimum Gasteiger partial charge on any atom is -0.352 e. The molecule has 1 saturated heterocycles. The maximum Gasteiger partial charge on any atom is 0.156 e. The summed E-state index contributed by atoms with van der Waals surface area (Å²) in [5, 5.41) is 10.5. The number of benzene rings is 1. The Morgan fingerprint density at radius 1 is 0.795 bits per heavy atom. The third kappa shape index (κ3) is 5.70. The van der Waals surface area contributed by atoms with Crippen LogP contribution in [0.25, 0.3) is 11.0 Å². The average molecular weight is 525 g/mol. The Morgan fingerprint density at radius 3 is 2.13 bits per heavy atom. The van der Waals surface area contributed by atoms with Gasteiger partial charge in [-0.3, -0.25) is 4.90 Å². The third-order valence-electron chi connectivity index (χ3n) is 9.57. The van der Waals surface area contributed by atoms with Crippen molar-refractivity contribution in [3.05, 3.63) is 53.5 Å². The van der Waals surface area contributed by atoms with E-state index in [-0.39, 0.29) is 0 Å². The van der Waals surface area contributed by atoms with Crippen molar-refractivity contribution in [1.29, 1.82) is 5.26 Å². The van der Waals surface area contributed by atoms with Gasteiger partial charge in [0, 0.05) is 50.4 Å². The molecule has 6 nitrogen and oxygen atoms in total. The smallest absolute Gasteiger partial charge is 0.156 e. The molecule has 3 fully saturated rings. The molecule has 2 aromatic heterocycles. The minimum absolute atomic E-state index is 0.451. The molecule has 3 aliphatic rings. The lowest BCUT2D eigenvalue weighted by Crippen LogP contribution is -2.47. The molecule has 3 aromatic rings. The van der Waals surface area contributed by atoms with E-state index in [0.29, 0.717) is 12.0 Å². The van der Waals surface area contributed by atoms with Gasteiger partial charge in [-0.05, 0) is 37.7 Å². The molecule has 0 N–H and O–H groups in total. The van der Waals surface area contributed by atoms with E-state index in [1.807, 2.05) is 0 Å². The Morgan fingerprint density at radius 2 is 1.46 bits per heavy atom. The van der Waals surface area contributed by atoms with Crippen LogP contribution in [-0.2, 0) is 6.42 Å². The summed E-state index contributed by atoms with van der Waals surface area (Å²) in [6, 6.07) is 13.9. The van der Waals surface area contributed by atoms with Crippen LogP contribution < -0.4 is 4.90 Å². The Labute approximate surface area is 234 Å². The summed E-state index contributed by atoms with van der Waals surface area (Å²) in [5.41, 5.74) is 5.60. The highest BCUT2D eigenvalue weighted by molar-refractivity contribution is 5.93. The lowest BCUT2D eigenvalue weighted by atomic mass is 9.93. The molecular formula is C33H44N6. The summed E-state index contributed by atoms with van der Waals surface area (Å²) in [6.07, 6.45) is 18.0. The van der Waals surface area contributed by atoms with Crippen LogP contribution in [-0.4, -0.2) is 52.2 Å². The first-order valence-corrected chi connectivity index (χ1v) is 15.6. The van der Waals surface area contributed by atoms with Crippen LogP contribution in [0.15, 0.2) is 36.7 Å². The molecule has 0 radical (unpaired) electrons. The van der Waals surface area contributed by atoms with E-state index in [0.717, 1.165) is 61.6 Å². The first kappa shape index (κ1) is 26.3. The van der Waals surface area contributed by atoms with Crippen molar-refractivity contribution in [1.82, 2.24) is 19.4 Å². The molecule has 2 saturated carbocycles. The second-order valence-corrected chi connectivity index (χ2v) is 12.0. The van der Waals surface area contributed by atoms with Gasteiger partial charge in [-0.2, -0.15) is 5.26 Å². The van der Waals surface area contributed by atoms with Gasteiger partial charge in [0.15, 0.2) is 5.82 Å². The molecule has 0 atom stereocenters. The summed E-state index contributed by atoms with van der Waals surface area (Å²) < 4.78 is 2.63. The summed E-state index contributed by atoms with van der Waals surface area (Å²) >= 11 is 0. The van der Waals surface area contributed by atoms with Crippen LogP contribution in [0.4, 0.5) is 5.82 Å². The van der Waals surface area contributed by atoms with Crippen molar-refractivity contribution in [3.63, 3.8) is 0 Å². The number of fused-ring (bicyclic) bond motifs is 1. The first-order chi connectivity index (χ1) is 19.3. The quantitative estimate of drug-likeness (QED) is 0.325. The molecule has 2 aliphatic carbocycles. The molecule has 0 amide bonds. The van der Waals surface area contributed by atoms with Gasteiger partial charge >= 0.3 is 0 Å². The van der Waals surface area contributed by atoms with Gasteiger partial charge in [0.2, 0.25) is 0 Å². The zero-order valence-electron chi connectivity index (χ0n) is 23.5. The average Bonchev–Trinajstić information content (AvgIpc) is 3.23. The number of aromatic nitrogens is 3. The summed E-state index contributed by atoms with van der Waals surface area (Å²) in [6.45, 7) is 5.13. The number of hydrogen-bond donors (Lipinski definition) is 0. The van der Waals surface area contributed by atoms with E-state index in [2.05, 4.69) is 50.8 Å². The van der Waals surface area contributed by atoms with E-state index in [1.165, 1.54) is 88.3 Å². The fourth-order valence-corrected chi connectivity index (χ4v) is 7.44. The highest BCUT2D eigenvalue weighted by atomic mass is 15.3. The fraction of sp³-hybridized carbons (Fsp3) is 0.606. The first-order valence-electron chi connectivity index (χ1n) is 15.6. The predicted octanol–water partition coefficient (Wildman–Crippen LogP) is 7.00. The maximum absolute atomic E-state index is 10.5. The van der Waals surface area contributed by atoms with Crippen LogP contribution in [0, 0.1) is 11.3 Å². The fourth-order valence-electron chi connectivity index (χ4n) is 7.44. The molecule has 0 bridgehead atoms. The molecule has 0 unspecified atom stereocenters. The van der Waals surface area contributed by atoms with Crippen molar-refractivity contribution in [2.75, 3.05) is 37.6 Å². The Hall–Kier alpha value is -2.91. The Bertz CT molecular complexity index is 1250. The van der Waals surface area contributed by atoms with E-state index in [1.54, 1.807) is 6.33 Å². The Balaban J connectivity index is 1.33. The van der Waals surface area contributed by atoms with Gasteiger partial charge < -0.3 is 9.47 Å². The lowest BCUT2D eigenvalue weighted by molar-refractivity contribution is 0.260. The van der Waals surface area contributed by atoms with Crippen LogP contribution in [0.2, 0.25) is 0 Å². The molecule has 0 spiro atoms. The normalized spacial score (nSPS) is 20.5. The Kier molecular flexibility index (Phi) is 8.44.